The zero-order chi connectivity index (χ0) is 13.9. The Morgan fingerprint density at radius 3 is 2.90 bits per heavy atom. The van der Waals surface area contributed by atoms with Crippen molar-refractivity contribution < 1.29 is 9.47 Å². The van der Waals surface area contributed by atoms with Crippen LogP contribution >= 0.6 is 0 Å². The molecule has 2 aromatic carbocycles. The van der Waals surface area contributed by atoms with Gasteiger partial charge in [0.05, 0.1) is 13.2 Å². The average molecular weight is 271 g/mol. The first-order chi connectivity index (χ1) is 9.85. The van der Waals surface area contributed by atoms with Gasteiger partial charge in [0.15, 0.2) is 0 Å². The molecule has 1 heterocycles. The summed E-state index contributed by atoms with van der Waals surface area (Å²) in [7, 11) is 3.73. The summed E-state index contributed by atoms with van der Waals surface area (Å²) in [5, 5.41) is 5.75. The van der Waals surface area contributed by atoms with Crippen molar-refractivity contribution in [3.05, 3.63) is 42.0 Å². The van der Waals surface area contributed by atoms with Crippen LogP contribution in [0.1, 0.15) is 18.1 Å². The molecule has 3 rings (SSSR count). The van der Waals surface area contributed by atoms with Gasteiger partial charge >= 0.3 is 0 Å². The molecule has 2 atom stereocenters. The van der Waals surface area contributed by atoms with E-state index in [-0.39, 0.29) is 6.10 Å². The molecule has 0 aliphatic carbocycles. The topological polar surface area (TPSA) is 30.5 Å². The van der Waals surface area contributed by atoms with Crippen LogP contribution in [0.3, 0.4) is 0 Å². The van der Waals surface area contributed by atoms with Gasteiger partial charge in [-0.15, -0.1) is 0 Å². The molecule has 1 aliphatic rings. The molecule has 1 fully saturated rings. The van der Waals surface area contributed by atoms with Gasteiger partial charge in [0, 0.05) is 24.6 Å². The van der Waals surface area contributed by atoms with Crippen LogP contribution in [-0.4, -0.2) is 27.3 Å². The van der Waals surface area contributed by atoms with Crippen LogP contribution in [0, 0.1) is 5.92 Å². The lowest BCUT2D eigenvalue weighted by Gasteiger charge is -2.22. The minimum Gasteiger partial charge on any atom is -0.496 e. The molecule has 2 aromatic rings. The van der Waals surface area contributed by atoms with E-state index in [0.717, 1.165) is 25.3 Å². The second-order valence-corrected chi connectivity index (χ2v) is 5.30. The summed E-state index contributed by atoms with van der Waals surface area (Å²) in [6, 6.07) is 12.6. The highest BCUT2D eigenvalue weighted by atomic mass is 16.5. The first-order valence-electron chi connectivity index (χ1n) is 7.17. The third-order valence-electron chi connectivity index (χ3n) is 4.12. The molecule has 3 heteroatoms. The van der Waals surface area contributed by atoms with E-state index >= 15 is 0 Å². The maximum atomic E-state index is 6.03. The fraction of sp³-hybridized carbons (Fsp3) is 0.412. The Morgan fingerprint density at radius 1 is 1.25 bits per heavy atom. The Labute approximate surface area is 119 Å². The number of fused-ring (bicyclic) bond motifs is 1. The van der Waals surface area contributed by atoms with Gasteiger partial charge in [0.2, 0.25) is 0 Å². The van der Waals surface area contributed by atoms with E-state index in [1.54, 1.807) is 7.11 Å². The fourth-order valence-electron chi connectivity index (χ4n) is 3.17. The fourth-order valence-corrected chi connectivity index (χ4v) is 3.17. The second kappa shape index (κ2) is 5.81. The van der Waals surface area contributed by atoms with E-state index in [1.807, 2.05) is 7.05 Å². The van der Waals surface area contributed by atoms with E-state index in [9.17, 15) is 0 Å². The van der Waals surface area contributed by atoms with Crippen LogP contribution in [0.15, 0.2) is 36.4 Å². The number of nitrogens with one attached hydrogen (secondary N) is 1. The van der Waals surface area contributed by atoms with Gasteiger partial charge in [-0.05, 0) is 30.3 Å². The monoisotopic (exact) mass is 271 g/mol. The molecule has 0 amide bonds. The van der Waals surface area contributed by atoms with Gasteiger partial charge in [-0.25, -0.2) is 0 Å². The number of ether oxygens (including phenoxy) is 2. The molecule has 2 unspecified atom stereocenters. The third kappa shape index (κ3) is 2.28. The highest BCUT2D eigenvalue weighted by molar-refractivity contribution is 5.88. The van der Waals surface area contributed by atoms with Crippen molar-refractivity contribution in [2.24, 2.45) is 5.92 Å². The molecule has 1 N–H and O–H groups in total. The molecule has 0 saturated carbocycles. The highest BCUT2D eigenvalue weighted by Crippen LogP contribution is 2.42. The summed E-state index contributed by atoms with van der Waals surface area (Å²) in [6.45, 7) is 1.79. The van der Waals surface area contributed by atoms with Crippen molar-refractivity contribution in [2.45, 2.75) is 12.5 Å². The number of benzene rings is 2. The normalized spacial score (nSPS) is 22.3. The average Bonchev–Trinajstić information content (AvgIpc) is 2.94. The van der Waals surface area contributed by atoms with Crippen LogP contribution < -0.4 is 10.1 Å². The lowest BCUT2D eigenvalue weighted by molar-refractivity contribution is 0.0899. The molecule has 0 aromatic heterocycles. The summed E-state index contributed by atoms with van der Waals surface area (Å²) >= 11 is 0. The first-order valence-corrected chi connectivity index (χ1v) is 7.17. The van der Waals surface area contributed by atoms with Crippen molar-refractivity contribution in [3.8, 4) is 5.75 Å². The molecule has 20 heavy (non-hydrogen) atoms. The smallest absolute Gasteiger partial charge is 0.125 e. The Morgan fingerprint density at radius 2 is 2.10 bits per heavy atom. The van der Waals surface area contributed by atoms with E-state index in [4.69, 9.17) is 9.47 Å². The lowest BCUT2D eigenvalue weighted by atomic mass is 9.91. The van der Waals surface area contributed by atoms with Crippen molar-refractivity contribution in [3.63, 3.8) is 0 Å². The summed E-state index contributed by atoms with van der Waals surface area (Å²) in [6.07, 6.45) is 1.21. The standard InChI is InChI=1S/C17H21NO2/c1-18-11-13-9-10-20-17(13)16-14-6-4-3-5-12(14)7-8-15(16)19-2/h3-8,13,17-18H,9-11H2,1-2H3. The van der Waals surface area contributed by atoms with Crippen molar-refractivity contribution in [1.29, 1.82) is 0 Å². The van der Waals surface area contributed by atoms with Crippen molar-refractivity contribution in [2.75, 3.05) is 27.3 Å². The molecular weight excluding hydrogens is 250 g/mol. The number of rotatable bonds is 4. The minimum absolute atomic E-state index is 0.114. The Hall–Kier alpha value is -1.58. The Balaban J connectivity index is 2.12. The largest absolute Gasteiger partial charge is 0.496 e. The maximum absolute atomic E-state index is 6.03. The molecule has 3 nitrogen and oxygen atoms in total. The predicted molar refractivity (Wildman–Crippen MR) is 81.2 cm³/mol. The van der Waals surface area contributed by atoms with E-state index in [2.05, 4.69) is 41.7 Å². The van der Waals surface area contributed by atoms with Gasteiger partial charge in [-0.2, -0.15) is 0 Å². The molecule has 106 valence electrons. The third-order valence-corrected chi connectivity index (χ3v) is 4.12. The number of hydrogen-bond donors (Lipinski definition) is 1. The Kier molecular flexibility index (Phi) is 3.90. The van der Waals surface area contributed by atoms with E-state index < -0.39 is 0 Å². The molecule has 0 bridgehead atoms. The van der Waals surface area contributed by atoms with Gasteiger partial charge in [-0.3, -0.25) is 0 Å². The zero-order valence-electron chi connectivity index (χ0n) is 12.1. The van der Waals surface area contributed by atoms with Crippen molar-refractivity contribution >= 4 is 10.8 Å². The van der Waals surface area contributed by atoms with Crippen LogP contribution in [0.25, 0.3) is 10.8 Å². The van der Waals surface area contributed by atoms with Gasteiger partial charge in [0.1, 0.15) is 5.75 Å². The van der Waals surface area contributed by atoms with Crippen LogP contribution in [-0.2, 0) is 4.74 Å². The first kappa shape index (κ1) is 13.4. The lowest BCUT2D eigenvalue weighted by Crippen LogP contribution is -2.22. The van der Waals surface area contributed by atoms with Crippen molar-refractivity contribution in [1.82, 2.24) is 5.32 Å². The van der Waals surface area contributed by atoms with Crippen LogP contribution in [0.2, 0.25) is 0 Å². The molecule has 1 aliphatic heterocycles. The minimum atomic E-state index is 0.114. The summed E-state index contributed by atoms with van der Waals surface area (Å²) < 4.78 is 11.6. The quantitative estimate of drug-likeness (QED) is 0.926. The molecule has 1 saturated heterocycles. The van der Waals surface area contributed by atoms with Gasteiger partial charge in [0.25, 0.3) is 0 Å². The van der Waals surface area contributed by atoms with Crippen LogP contribution in [0.5, 0.6) is 5.75 Å². The number of hydrogen-bond acceptors (Lipinski definition) is 3. The predicted octanol–water partition coefficient (Wildman–Crippen LogP) is 3.15. The Bertz CT molecular complexity index is 597. The van der Waals surface area contributed by atoms with E-state index in [0.29, 0.717) is 5.92 Å². The van der Waals surface area contributed by atoms with Gasteiger partial charge < -0.3 is 14.8 Å². The van der Waals surface area contributed by atoms with Gasteiger partial charge in [-0.1, -0.05) is 30.3 Å². The summed E-state index contributed by atoms with van der Waals surface area (Å²) in [5.74, 6) is 1.43. The summed E-state index contributed by atoms with van der Waals surface area (Å²) in [5.41, 5.74) is 1.20. The highest BCUT2D eigenvalue weighted by Gasteiger charge is 2.32. The zero-order valence-corrected chi connectivity index (χ0v) is 12.1. The van der Waals surface area contributed by atoms with Crippen LogP contribution in [0.4, 0.5) is 0 Å². The molecule has 0 radical (unpaired) electrons. The molecular formula is C17H21NO2. The summed E-state index contributed by atoms with van der Waals surface area (Å²) in [4.78, 5) is 0. The SMILES string of the molecule is CNCC1CCOC1c1c(OC)ccc2ccccc12. The second-order valence-electron chi connectivity index (χ2n) is 5.30. The van der Waals surface area contributed by atoms with E-state index in [1.165, 1.54) is 16.3 Å². The number of methoxy groups -OCH3 is 1. The maximum Gasteiger partial charge on any atom is 0.125 e. The molecule has 0 spiro atoms.